The molecule has 2 N–H and O–H groups in total. The highest BCUT2D eigenvalue weighted by molar-refractivity contribution is 7.09. The second-order valence-electron chi connectivity index (χ2n) is 4.00. The molecular weight excluding hydrogens is 247 g/mol. The van der Waals surface area contributed by atoms with Gasteiger partial charge in [0.1, 0.15) is 0 Å². The maximum absolute atomic E-state index is 9.06. The van der Waals surface area contributed by atoms with Crippen molar-refractivity contribution in [2.75, 3.05) is 6.61 Å². The van der Waals surface area contributed by atoms with Gasteiger partial charge in [0.15, 0.2) is 0 Å². The summed E-state index contributed by atoms with van der Waals surface area (Å²) in [5.74, 6) is 0. The van der Waals surface area contributed by atoms with Gasteiger partial charge in [0, 0.05) is 11.3 Å². The predicted molar refractivity (Wildman–Crippen MR) is 73.9 cm³/mol. The molecule has 1 heterocycles. The molecule has 0 spiro atoms. The van der Waals surface area contributed by atoms with Crippen LogP contribution in [0.1, 0.15) is 10.4 Å². The van der Waals surface area contributed by atoms with Gasteiger partial charge in [-0.05, 0) is 22.5 Å². The van der Waals surface area contributed by atoms with Crippen LogP contribution >= 0.6 is 11.3 Å². The smallest absolute Gasteiger partial charge is 0.423 e. The molecule has 0 unspecified atom stereocenters. The van der Waals surface area contributed by atoms with Crippen LogP contribution in [0, 0.1) is 0 Å². The van der Waals surface area contributed by atoms with Gasteiger partial charge in [0.25, 0.3) is 0 Å². The first-order valence-electron chi connectivity index (χ1n) is 5.81. The first-order chi connectivity index (χ1) is 8.75. The Morgan fingerprint density at radius 1 is 1.17 bits per heavy atom. The van der Waals surface area contributed by atoms with E-state index in [9.17, 15) is 0 Å². The summed E-state index contributed by atoms with van der Waals surface area (Å²) in [4.78, 5) is 1.31. The number of thiophene rings is 1. The summed E-state index contributed by atoms with van der Waals surface area (Å²) in [6.07, 6.45) is 0.917. The van der Waals surface area contributed by atoms with Crippen LogP contribution in [0.2, 0.25) is 0 Å². The van der Waals surface area contributed by atoms with E-state index >= 15 is 0 Å². The Kier molecular flexibility index (Phi) is 4.95. The van der Waals surface area contributed by atoms with E-state index in [1.165, 1.54) is 4.88 Å². The Bertz CT molecular complexity index is 471. The predicted octanol–water partition coefficient (Wildman–Crippen LogP) is 1.19. The highest BCUT2D eigenvalue weighted by atomic mass is 32.1. The number of hydrogen-bond acceptors (Lipinski definition) is 4. The van der Waals surface area contributed by atoms with E-state index in [2.05, 4.69) is 11.4 Å². The quantitative estimate of drug-likeness (QED) is 0.607. The van der Waals surface area contributed by atoms with Crippen LogP contribution in [-0.4, -0.2) is 23.8 Å². The van der Waals surface area contributed by atoms with Gasteiger partial charge in [0.05, 0.1) is 13.2 Å². The summed E-state index contributed by atoms with van der Waals surface area (Å²) >= 11 is 1.73. The summed E-state index contributed by atoms with van der Waals surface area (Å²) in [5.41, 5.74) is 1.45. The lowest BCUT2D eigenvalue weighted by atomic mass is 9.80. The van der Waals surface area contributed by atoms with E-state index in [4.69, 9.17) is 14.8 Å². The van der Waals surface area contributed by atoms with Gasteiger partial charge in [-0.15, -0.1) is 11.3 Å². The molecular formula is C13H15BO3S. The third-order valence-electron chi connectivity index (χ3n) is 2.59. The van der Waals surface area contributed by atoms with Crippen molar-refractivity contribution in [1.82, 2.24) is 0 Å². The minimum Gasteiger partial charge on any atom is -0.423 e. The number of ether oxygens (including phenoxy) is 1. The molecule has 0 saturated carbocycles. The second-order valence-corrected chi connectivity index (χ2v) is 5.03. The summed E-state index contributed by atoms with van der Waals surface area (Å²) in [7, 11) is -1.42. The van der Waals surface area contributed by atoms with Crippen molar-refractivity contribution in [3.8, 4) is 0 Å². The maximum atomic E-state index is 9.06. The fourth-order valence-corrected chi connectivity index (χ4v) is 2.35. The Labute approximate surface area is 111 Å². The van der Waals surface area contributed by atoms with Crippen LogP contribution in [0.25, 0.3) is 0 Å². The minimum absolute atomic E-state index is 0.492. The van der Waals surface area contributed by atoms with Crippen molar-refractivity contribution >= 4 is 23.9 Å². The van der Waals surface area contributed by atoms with Gasteiger partial charge in [-0.2, -0.15) is 0 Å². The molecule has 94 valence electrons. The van der Waals surface area contributed by atoms with Crippen molar-refractivity contribution in [2.24, 2.45) is 0 Å². The standard InChI is InChI=1S/C13H15BO3S/c15-14(16)12-4-1-3-11(9-12)10-17-7-6-13-5-2-8-18-13/h1-5,8-9,15-16H,6-7,10H2. The summed E-state index contributed by atoms with van der Waals surface area (Å²) < 4.78 is 5.57. The molecule has 0 aliphatic rings. The molecule has 18 heavy (non-hydrogen) atoms. The fraction of sp³-hybridized carbons (Fsp3) is 0.231. The third kappa shape index (κ3) is 3.96. The number of hydrogen-bond donors (Lipinski definition) is 2. The Morgan fingerprint density at radius 2 is 2.06 bits per heavy atom. The SMILES string of the molecule is OB(O)c1cccc(COCCc2cccs2)c1. The monoisotopic (exact) mass is 262 g/mol. The van der Waals surface area contributed by atoms with Crippen molar-refractivity contribution in [3.63, 3.8) is 0 Å². The molecule has 0 radical (unpaired) electrons. The van der Waals surface area contributed by atoms with Crippen molar-refractivity contribution < 1.29 is 14.8 Å². The zero-order chi connectivity index (χ0) is 12.8. The molecule has 0 fully saturated rings. The van der Waals surface area contributed by atoms with Crippen LogP contribution in [0.3, 0.4) is 0 Å². The van der Waals surface area contributed by atoms with Gasteiger partial charge >= 0.3 is 7.12 Å². The summed E-state index contributed by atoms with van der Waals surface area (Å²) in [5, 5.41) is 20.2. The average Bonchev–Trinajstić information content (AvgIpc) is 2.88. The number of benzene rings is 1. The molecule has 0 amide bonds. The van der Waals surface area contributed by atoms with E-state index < -0.39 is 7.12 Å². The first kappa shape index (κ1) is 13.3. The van der Waals surface area contributed by atoms with Crippen LogP contribution in [0.5, 0.6) is 0 Å². The first-order valence-corrected chi connectivity index (χ1v) is 6.69. The van der Waals surface area contributed by atoms with Gasteiger partial charge in [-0.1, -0.05) is 30.3 Å². The summed E-state index contributed by atoms with van der Waals surface area (Å²) in [6.45, 7) is 1.17. The molecule has 3 nitrogen and oxygen atoms in total. The minimum atomic E-state index is -1.42. The highest BCUT2D eigenvalue weighted by Gasteiger charge is 2.10. The van der Waals surface area contributed by atoms with Crippen LogP contribution in [0.4, 0.5) is 0 Å². The van der Waals surface area contributed by atoms with Gasteiger partial charge < -0.3 is 14.8 Å². The Hall–Kier alpha value is -1.14. The molecule has 1 aromatic carbocycles. The van der Waals surface area contributed by atoms with Gasteiger partial charge in [-0.25, -0.2) is 0 Å². The molecule has 0 atom stereocenters. The van der Waals surface area contributed by atoms with Gasteiger partial charge in [-0.3, -0.25) is 0 Å². The lowest BCUT2D eigenvalue weighted by Gasteiger charge is -2.05. The summed E-state index contributed by atoms with van der Waals surface area (Å²) in [6, 6.07) is 11.3. The van der Waals surface area contributed by atoms with Crippen molar-refractivity contribution in [3.05, 3.63) is 52.2 Å². The van der Waals surface area contributed by atoms with E-state index in [-0.39, 0.29) is 0 Å². The molecule has 1 aromatic heterocycles. The molecule has 2 rings (SSSR count). The van der Waals surface area contributed by atoms with E-state index in [0.29, 0.717) is 18.7 Å². The largest absolute Gasteiger partial charge is 0.488 e. The van der Waals surface area contributed by atoms with Crippen molar-refractivity contribution in [1.29, 1.82) is 0 Å². The Balaban J connectivity index is 1.78. The van der Waals surface area contributed by atoms with Crippen LogP contribution in [0.15, 0.2) is 41.8 Å². The molecule has 2 aromatic rings. The zero-order valence-corrected chi connectivity index (χ0v) is 10.8. The molecule has 5 heteroatoms. The van der Waals surface area contributed by atoms with Gasteiger partial charge in [0.2, 0.25) is 0 Å². The second kappa shape index (κ2) is 6.71. The number of rotatable bonds is 6. The van der Waals surface area contributed by atoms with E-state index in [0.717, 1.165) is 12.0 Å². The molecule has 0 aliphatic carbocycles. The lowest BCUT2D eigenvalue weighted by molar-refractivity contribution is 0.124. The van der Waals surface area contributed by atoms with Crippen LogP contribution < -0.4 is 5.46 Å². The lowest BCUT2D eigenvalue weighted by Crippen LogP contribution is -2.29. The normalized spacial score (nSPS) is 10.6. The van der Waals surface area contributed by atoms with E-state index in [1.54, 1.807) is 29.5 Å². The van der Waals surface area contributed by atoms with E-state index in [1.807, 2.05) is 12.1 Å². The Morgan fingerprint density at radius 3 is 2.78 bits per heavy atom. The highest BCUT2D eigenvalue weighted by Crippen LogP contribution is 2.09. The van der Waals surface area contributed by atoms with Crippen LogP contribution in [-0.2, 0) is 17.8 Å². The van der Waals surface area contributed by atoms with Crippen molar-refractivity contribution in [2.45, 2.75) is 13.0 Å². The zero-order valence-electron chi connectivity index (χ0n) is 9.95. The molecule has 0 aliphatic heterocycles. The fourth-order valence-electron chi connectivity index (χ4n) is 1.66. The third-order valence-corrected chi connectivity index (χ3v) is 3.53. The average molecular weight is 262 g/mol. The molecule has 0 saturated heterocycles. The molecule has 0 bridgehead atoms. The topological polar surface area (TPSA) is 49.7 Å². The maximum Gasteiger partial charge on any atom is 0.488 e.